The average molecular weight is 321 g/mol. The lowest BCUT2D eigenvalue weighted by Crippen LogP contribution is -2.50. The fraction of sp³-hybridized carbons (Fsp3) is 0.400. The maximum Gasteiger partial charge on any atom is 0.407 e. The second-order valence-electron chi connectivity index (χ2n) is 4.87. The lowest BCUT2D eigenvalue weighted by atomic mass is 10.2. The van der Waals surface area contributed by atoms with Crippen molar-refractivity contribution >= 4 is 18.0 Å². The van der Waals surface area contributed by atoms with Gasteiger partial charge in [0.2, 0.25) is 5.91 Å². The molecule has 23 heavy (non-hydrogen) atoms. The van der Waals surface area contributed by atoms with E-state index in [9.17, 15) is 14.4 Å². The monoisotopic (exact) mass is 321 g/mol. The van der Waals surface area contributed by atoms with Gasteiger partial charge in [-0.15, -0.1) is 0 Å². The van der Waals surface area contributed by atoms with E-state index in [0.29, 0.717) is 26.3 Å². The number of imide groups is 1. The molecule has 1 aromatic rings. The third kappa shape index (κ3) is 5.95. The van der Waals surface area contributed by atoms with Gasteiger partial charge in [0, 0.05) is 13.1 Å². The van der Waals surface area contributed by atoms with Crippen molar-refractivity contribution in [3.8, 4) is 0 Å². The predicted octanol–water partition coefficient (Wildman–Crippen LogP) is 0.481. The maximum atomic E-state index is 11.8. The summed E-state index contributed by atoms with van der Waals surface area (Å²) in [4.78, 5) is 36.3. The minimum atomic E-state index is -0.720. The third-order valence-electron chi connectivity index (χ3n) is 3.15. The highest BCUT2D eigenvalue weighted by Gasteiger charge is 2.19. The second-order valence-corrected chi connectivity index (χ2v) is 4.87. The van der Waals surface area contributed by atoms with E-state index in [2.05, 4.69) is 10.6 Å². The molecule has 1 aromatic carbocycles. The van der Waals surface area contributed by atoms with Gasteiger partial charge in [-0.2, -0.15) is 0 Å². The summed E-state index contributed by atoms with van der Waals surface area (Å²) in [5, 5.41) is 4.49. The summed E-state index contributed by atoms with van der Waals surface area (Å²) >= 11 is 0. The van der Waals surface area contributed by atoms with E-state index in [-0.39, 0.29) is 13.2 Å². The van der Waals surface area contributed by atoms with Crippen molar-refractivity contribution in [1.82, 2.24) is 15.5 Å². The van der Waals surface area contributed by atoms with Crippen LogP contribution >= 0.6 is 0 Å². The molecule has 2 rings (SSSR count). The molecule has 0 saturated carbocycles. The number of amides is 4. The van der Waals surface area contributed by atoms with Gasteiger partial charge in [-0.25, -0.2) is 9.59 Å². The van der Waals surface area contributed by atoms with E-state index in [1.807, 2.05) is 30.3 Å². The first-order chi connectivity index (χ1) is 11.1. The van der Waals surface area contributed by atoms with Gasteiger partial charge < -0.3 is 19.7 Å². The Morgan fingerprint density at radius 2 is 1.83 bits per heavy atom. The molecule has 0 atom stereocenters. The first kappa shape index (κ1) is 16.8. The average Bonchev–Trinajstić information content (AvgIpc) is 2.60. The molecule has 1 fully saturated rings. The largest absolute Gasteiger partial charge is 0.445 e. The number of alkyl carbamates (subject to hydrolysis) is 1. The summed E-state index contributed by atoms with van der Waals surface area (Å²) in [6.07, 6.45) is -0.720. The first-order valence-electron chi connectivity index (χ1n) is 7.26. The van der Waals surface area contributed by atoms with Crippen molar-refractivity contribution in [1.29, 1.82) is 0 Å². The van der Waals surface area contributed by atoms with E-state index in [4.69, 9.17) is 9.47 Å². The Bertz CT molecular complexity index is 543. The van der Waals surface area contributed by atoms with Gasteiger partial charge in [-0.05, 0) is 5.56 Å². The molecule has 0 spiro atoms. The number of ether oxygens (including phenoxy) is 2. The summed E-state index contributed by atoms with van der Waals surface area (Å²) in [7, 11) is 0. The van der Waals surface area contributed by atoms with Gasteiger partial charge in [0.05, 0.1) is 13.2 Å². The number of nitrogens with one attached hydrogen (secondary N) is 2. The van der Waals surface area contributed by atoms with Crippen molar-refractivity contribution in [2.75, 3.05) is 32.8 Å². The van der Waals surface area contributed by atoms with Crippen LogP contribution in [0.5, 0.6) is 0 Å². The number of benzene rings is 1. The van der Waals surface area contributed by atoms with Crippen molar-refractivity contribution in [2.45, 2.75) is 6.61 Å². The zero-order valence-corrected chi connectivity index (χ0v) is 12.6. The molecule has 8 nitrogen and oxygen atoms in total. The smallest absolute Gasteiger partial charge is 0.407 e. The minimum Gasteiger partial charge on any atom is -0.445 e. The van der Waals surface area contributed by atoms with E-state index < -0.39 is 18.0 Å². The lowest BCUT2D eigenvalue weighted by Gasteiger charge is -2.26. The van der Waals surface area contributed by atoms with Gasteiger partial charge in [-0.1, -0.05) is 30.3 Å². The highest BCUT2D eigenvalue weighted by atomic mass is 16.5. The number of morpholine rings is 1. The van der Waals surface area contributed by atoms with Crippen LogP contribution in [0.1, 0.15) is 5.56 Å². The van der Waals surface area contributed by atoms with Crippen molar-refractivity contribution < 1.29 is 23.9 Å². The van der Waals surface area contributed by atoms with Crippen LogP contribution in [0, 0.1) is 0 Å². The fourth-order valence-corrected chi connectivity index (χ4v) is 1.94. The Morgan fingerprint density at radius 1 is 1.13 bits per heavy atom. The molecule has 0 radical (unpaired) electrons. The SMILES string of the molecule is O=C(CNC(=O)OCc1ccccc1)NC(=O)N1CCOCC1. The molecule has 2 N–H and O–H groups in total. The molecule has 0 aromatic heterocycles. The van der Waals surface area contributed by atoms with Crippen molar-refractivity contribution in [3.63, 3.8) is 0 Å². The van der Waals surface area contributed by atoms with Gasteiger partial charge in [0.25, 0.3) is 0 Å². The van der Waals surface area contributed by atoms with Crippen LogP contribution < -0.4 is 10.6 Å². The van der Waals surface area contributed by atoms with E-state index in [1.54, 1.807) is 0 Å². The number of nitrogens with zero attached hydrogens (tertiary/aromatic N) is 1. The van der Waals surface area contributed by atoms with Crippen LogP contribution in [-0.4, -0.2) is 55.8 Å². The van der Waals surface area contributed by atoms with E-state index in [1.165, 1.54) is 4.90 Å². The number of carbonyl (C=O) groups excluding carboxylic acids is 3. The molecule has 4 amide bonds. The molecule has 1 aliphatic heterocycles. The third-order valence-corrected chi connectivity index (χ3v) is 3.15. The van der Waals surface area contributed by atoms with E-state index >= 15 is 0 Å². The van der Waals surface area contributed by atoms with Gasteiger partial charge >= 0.3 is 12.1 Å². The number of urea groups is 1. The Kier molecular flexibility index (Phi) is 6.37. The van der Waals surface area contributed by atoms with Gasteiger partial charge in [0.15, 0.2) is 0 Å². The van der Waals surface area contributed by atoms with Gasteiger partial charge in [0.1, 0.15) is 13.2 Å². The van der Waals surface area contributed by atoms with Crippen LogP contribution in [0.25, 0.3) is 0 Å². The summed E-state index contributed by atoms with van der Waals surface area (Å²) in [5.41, 5.74) is 0.842. The van der Waals surface area contributed by atoms with Crippen molar-refractivity contribution in [2.24, 2.45) is 0 Å². The molecular formula is C15H19N3O5. The van der Waals surface area contributed by atoms with E-state index in [0.717, 1.165) is 5.56 Å². The van der Waals surface area contributed by atoms with Gasteiger partial charge in [-0.3, -0.25) is 10.1 Å². The summed E-state index contributed by atoms with van der Waals surface area (Å²) in [6.45, 7) is 1.55. The molecule has 0 unspecified atom stereocenters. The summed E-state index contributed by atoms with van der Waals surface area (Å²) in [6, 6.07) is 8.68. The lowest BCUT2D eigenvalue weighted by molar-refractivity contribution is -0.119. The Balaban J connectivity index is 1.63. The Labute approximate surface area is 133 Å². The topological polar surface area (TPSA) is 97.0 Å². The molecule has 124 valence electrons. The predicted molar refractivity (Wildman–Crippen MR) is 80.6 cm³/mol. The van der Waals surface area contributed by atoms with Crippen molar-refractivity contribution in [3.05, 3.63) is 35.9 Å². The quantitative estimate of drug-likeness (QED) is 0.841. The Hall–Kier alpha value is -2.61. The second kappa shape index (κ2) is 8.74. The zero-order chi connectivity index (χ0) is 16.5. The normalized spacial score (nSPS) is 14.0. The molecular weight excluding hydrogens is 302 g/mol. The molecule has 0 aliphatic carbocycles. The highest BCUT2D eigenvalue weighted by molar-refractivity contribution is 5.96. The molecule has 0 bridgehead atoms. The van der Waals surface area contributed by atoms with Crippen LogP contribution in [0.2, 0.25) is 0 Å². The number of hydrogen-bond donors (Lipinski definition) is 2. The highest BCUT2D eigenvalue weighted by Crippen LogP contribution is 2.00. The maximum absolute atomic E-state index is 11.8. The minimum absolute atomic E-state index is 0.112. The van der Waals surface area contributed by atoms with Crippen LogP contribution in [-0.2, 0) is 20.9 Å². The fourth-order valence-electron chi connectivity index (χ4n) is 1.94. The first-order valence-corrected chi connectivity index (χ1v) is 7.26. The summed E-state index contributed by atoms with van der Waals surface area (Å²) < 4.78 is 10.1. The summed E-state index contributed by atoms with van der Waals surface area (Å²) in [5.74, 6) is -0.599. The van der Waals surface area contributed by atoms with Crippen LogP contribution in [0.4, 0.5) is 9.59 Å². The molecule has 8 heteroatoms. The number of rotatable bonds is 4. The van der Waals surface area contributed by atoms with Crippen LogP contribution in [0.3, 0.4) is 0 Å². The Morgan fingerprint density at radius 3 is 2.52 bits per heavy atom. The molecule has 1 saturated heterocycles. The molecule has 1 heterocycles. The number of hydrogen-bond acceptors (Lipinski definition) is 5. The molecule has 1 aliphatic rings. The van der Waals surface area contributed by atoms with Crippen LogP contribution in [0.15, 0.2) is 30.3 Å². The zero-order valence-electron chi connectivity index (χ0n) is 12.6. The standard InChI is InChI=1S/C15H19N3O5/c19-13(17-14(20)18-6-8-22-9-7-18)10-16-15(21)23-11-12-4-2-1-3-5-12/h1-5H,6-11H2,(H,16,21)(H,17,19,20). The number of carbonyl (C=O) groups is 3.